The van der Waals surface area contributed by atoms with Crippen LogP contribution in [0.3, 0.4) is 0 Å². The lowest BCUT2D eigenvalue weighted by Gasteiger charge is -2.13. The number of hydrogen-bond donors (Lipinski definition) is 1. The fourth-order valence-electron chi connectivity index (χ4n) is 2.61. The lowest BCUT2D eigenvalue weighted by molar-refractivity contribution is -0.115. The molecule has 0 aromatic carbocycles. The van der Waals surface area contributed by atoms with Crippen LogP contribution < -0.4 is 5.32 Å². The van der Waals surface area contributed by atoms with Gasteiger partial charge in [-0.3, -0.25) is 4.79 Å². The topological polar surface area (TPSA) is 78.7 Å². The molecule has 5 nitrogen and oxygen atoms in total. The molecule has 0 radical (unpaired) electrons. The van der Waals surface area contributed by atoms with Crippen molar-refractivity contribution < 1.29 is 4.79 Å². The van der Waals surface area contributed by atoms with Crippen LogP contribution in [0.2, 0.25) is 0 Å². The fourth-order valence-corrected chi connectivity index (χ4v) is 3.51. The predicted octanol–water partition coefficient (Wildman–Crippen LogP) is 3.26. The summed E-state index contributed by atoms with van der Waals surface area (Å²) in [6, 6.07) is 7.79. The highest BCUT2D eigenvalue weighted by Crippen LogP contribution is 2.30. The van der Waals surface area contributed by atoms with Crippen LogP contribution >= 0.6 is 11.8 Å². The molecule has 0 aliphatic heterocycles. The Morgan fingerprint density at radius 3 is 2.96 bits per heavy atom. The number of carbonyl (C=O) groups excluding carboxylic acids is 1. The maximum atomic E-state index is 12.4. The minimum atomic E-state index is -0.368. The van der Waals surface area contributed by atoms with Crippen LogP contribution in [-0.4, -0.2) is 21.1 Å². The van der Waals surface area contributed by atoms with Gasteiger partial charge in [-0.05, 0) is 56.4 Å². The van der Waals surface area contributed by atoms with Crippen molar-refractivity contribution in [1.29, 1.82) is 5.26 Å². The highest BCUT2D eigenvalue weighted by Gasteiger charge is 2.21. The number of aromatic nitrogens is 2. The summed E-state index contributed by atoms with van der Waals surface area (Å²) in [6.45, 7) is 3.75. The Morgan fingerprint density at radius 1 is 1.42 bits per heavy atom. The third-order valence-corrected chi connectivity index (χ3v) is 5.06. The van der Waals surface area contributed by atoms with E-state index in [2.05, 4.69) is 21.4 Å². The van der Waals surface area contributed by atoms with Gasteiger partial charge in [0, 0.05) is 11.9 Å². The van der Waals surface area contributed by atoms with E-state index in [0.29, 0.717) is 16.4 Å². The van der Waals surface area contributed by atoms with Gasteiger partial charge in [-0.2, -0.15) is 5.26 Å². The molecule has 3 rings (SSSR count). The summed E-state index contributed by atoms with van der Waals surface area (Å²) < 4.78 is 0. The normalized spacial score (nSPS) is 13.9. The van der Waals surface area contributed by atoms with E-state index in [1.165, 1.54) is 11.8 Å². The molecule has 0 saturated carbocycles. The molecule has 2 aromatic rings. The van der Waals surface area contributed by atoms with Gasteiger partial charge in [-0.25, -0.2) is 9.97 Å². The quantitative estimate of drug-likeness (QED) is 0.866. The van der Waals surface area contributed by atoms with Crippen LogP contribution in [0.1, 0.15) is 35.7 Å². The Bertz CT molecular complexity index is 811. The van der Waals surface area contributed by atoms with Gasteiger partial charge in [-0.1, -0.05) is 17.8 Å². The monoisotopic (exact) mass is 338 g/mol. The van der Waals surface area contributed by atoms with Crippen molar-refractivity contribution >= 4 is 23.5 Å². The Morgan fingerprint density at radius 2 is 2.25 bits per heavy atom. The smallest absolute Gasteiger partial charge is 0.238 e. The first-order valence-electron chi connectivity index (χ1n) is 7.90. The van der Waals surface area contributed by atoms with Crippen LogP contribution in [0.15, 0.2) is 29.4 Å². The van der Waals surface area contributed by atoms with Crippen molar-refractivity contribution in [2.75, 3.05) is 5.32 Å². The molecular weight excluding hydrogens is 320 g/mol. The molecule has 0 saturated heterocycles. The zero-order valence-corrected chi connectivity index (χ0v) is 14.5. The lowest BCUT2D eigenvalue weighted by Crippen LogP contribution is -2.23. The summed E-state index contributed by atoms with van der Waals surface area (Å²) in [4.78, 5) is 21.1. The van der Waals surface area contributed by atoms with Gasteiger partial charge >= 0.3 is 0 Å². The van der Waals surface area contributed by atoms with Crippen molar-refractivity contribution in [2.24, 2.45) is 0 Å². The maximum absolute atomic E-state index is 12.4. The van der Waals surface area contributed by atoms with E-state index < -0.39 is 0 Å². The highest BCUT2D eigenvalue weighted by atomic mass is 32.2. The molecule has 6 heteroatoms. The fraction of sp³-hybridized carbons (Fsp3) is 0.333. The minimum Gasteiger partial charge on any atom is -0.310 e. The first-order valence-corrected chi connectivity index (χ1v) is 8.78. The lowest BCUT2D eigenvalue weighted by atomic mass is 10.2. The van der Waals surface area contributed by atoms with E-state index >= 15 is 0 Å². The average Bonchev–Trinajstić information content (AvgIpc) is 3.03. The third-order valence-electron chi connectivity index (χ3n) is 3.96. The number of hydrogen-bond acceptors (Lipinski definition) is 5. The number of nitrogens with one attached hydrogen (secondary N) is 1. The molecule has 1 aliphatic carbocycles. The van der Waals surface area contributed by atoms with E-state index in [9.17, 15) is 10.1 Å². The molecule has 24 heavy (non-hydrogen) atoms. The highest BCUT2D eigenvalue weighted by molar-refractivity contribution is 8.00. The van der Waals surface area contributed by atoms with Crippen molar-refractivity contribution in [1.82, 2.24) is 9.97 Å². The summed E-state index contributed by atoms with van der Waals surface area (Å²) in [6.07, 6.45) is 4.72. The molecule has 1 aliphatic rings. The minimum absolute atomic E-state index is 0.150. The van der Waals surface area contributed by atoms with Crippen molar-refractivity contribution in [3.63, 3.8) is 0 Å². The number of carbonyl (C=O) groups is 1. The van der Waals surface area contributed by atoms with Crippen molar-refractivity contribution in [3.05, 3.63) is 46.8 Å². The third kappa shape index (κ3) is 3.57. The van der Waals surface area contributed by atoms with Crippen LogP contribution in [0, 0.1) is 18.3 Å². The van der Waals surface area contributed by atoms with Gasteiger partial charge in [-0.15, -0.1) is 0 Å². The Labute approximate surface area is 145 Å². The summed E-state index contributed by atoms with van der Waals surface area (Å²) in [5, 5.41) is 12.4. The molecule has 1 atom stereocenters. The second kappa shape index (κ2) is 7.02. The van der Waals surface area contributed by atoms with E-state index in [4.69, 9.17) is 0 Å². The number of anilines is 1. The number of fused-ring (bicyclic) bond motifs is 1. The number of amides is 1. The van der Waals surface area contributed by atoms with Gasteiger partial charge < -0.3 is 5.32 Å². The Kier molecular flexibility index (Phi) is 4.81. The van der Waals surface area contributed by atoms with Crippen molar-refractivity contribution in [3.8, 4) is 6.07 Å². The Hall–Kier alpha value is -2.39. The molecule has 0 bridgehead atoms. The summed E-state index contributed by atoms with van der Waals surface area (Å²) in [5.74, 6) is 0.378. The molecule has 0 spiro atoms. The van der Waals surface area contributed by atoms with E-state index in [-0.39, 0.29) is 11.2 Å². The second-order valence-electron chi connectivity index (χ2n) is 5.88. The number of aryl methyl sites for hydroxylation is 3. The molecular formula is C18H18N4OS. The summed E-state index contributed by atoms with van der Waals surface area (Å²) >= 11 is 1.32. The van der Waals surface area contributed by atoms with Crippen molar-refractivity contribution in [2.45, 2.75) is 43.4 Å². The molecule has 1 N–H and O–H groups in total. The van der Waals surface area contributed by atoms with E-state index in [1.54, 1.807) is 12.3 Å². The Balaban J connectivity index is 1.72. The molecule has 2 aromatic heterocycles. The van der Waals surface area contributed by atoms with Gasteiger partial charge in [0.05, 0.1) is 10.8 Å². The van der Waals surface area contributed by atoms with Gasteiger partial charge in [0.2, 0.25) is 5.91 Å². The van der Waals surface area contributed by atoms with E-state index in [0.717, 1.165) is 36.1 Å². The number of pyridine rings is 2. The van der Waals surface area contributed by atoms with Crippen LogP contribution in [0.25, 0.3) is 0 Å². The zero-order chi connectivity index (χ0) is 17.1. The first-order chi connectivity index (χ1) is 11.6. The second-order valence-corrected chi connectivity index (χ2v) is 7.21. The summed E-state index contributed by atoms with van der Waals surface area (Å²) in [5.41, 5.74) is 3.81. The molecule has 0 fully saturated rings. The van der Waals surface area contributed by atoms with Crippen LogP contribution in [-0.2, 0) is 17.6 Å². The van der Waals surface area contributed by atoms with Crippen LogP contribution in [0.4, 0.5) is 5.82 Å². The number of nitriles is 1. The largest absolute Gasteiger partial charge is 0.310 e. The predicted molar refractivity (Wildman–Crippen MR) is 93.9 cm³/mol. The molecule has 1 amide bonds. The van der Waals surface area contributed by atoms with Gasteiger partial charge in [0.15, 0.2) is 0 Å². The van der Waals surface area contributed by atoms with E-state index in [1.807, 2.05) is 26.0 Å². The first kappa shape index (κ1) is 16.5. The standard InChI is InChI=1S/C18H18N4OS/c1-11-6-7-16(20-10-11)22-17(23)12(2)24-18-14(9-19)8-13-4-3-5-15(13)21-18/h6-8,10,12H,3-5H2,1-2H3,(H,20,22,23). The van der Waals surface area contributed by atoms with Gasteiger partial charge in [0.25, 0.3) is 0 Å². The SMILES string of the molecule is Cc1ccc(NC(=O)C(C)Sc2nc3c(cc2C#N)CCC3)nc1. The van der Waals surface area contributed by atoms with Gasteiger partial charge in [0.1, 0.15) is 16.9 Å². The maximum Gasteiger partial charge on any atom is 0.238 e. The van der Waals surface area contributed by atoms with Crippen LogP contribution in [0.5, 0.6) is 0 Å². The number of rotatable bonds is 4. The molecule has 1 unspecified atom stereocenters. The zero-order valence-electron chi connectivity index (χ0n) is 13.7. The summed E-state index contributed by atoms with van der Waals surface area (Å²) in [7, 11) is 0. The number of thioether (sulfide) groups is 1. The number of nitrogens with zero attached hydrogens (tertiary/aromatic N) is 3. The molecule has 122 valence electrons. The molecule has 2 heterocycles. The average molecular weight is 338 g/mol.